The predicted octanol–water partition coefficient (Wildman–Crippen LogP) is 3.91. The number of nitrogens with zero attached hydrogens (tertiary/aromatic N) is 1. The maximum Gasteiger partial charge on any atom is 0.254 e. The van der Waals surface area contributed by atoms with E-state index in [1.165, 1.54) is 12.8 Å². The van der Waals surface area contributed by atoms with E-state index >= 15 is 0 Å². The van der Waals surface area contributed by atoms with Crippen LogP contribution in [-0.2, 0) is 0 Å². The van der Waals surface area contributed by atoms with Gasteiger partial charge in [-0.05, 0) is 79.1 Å². The van der Waals surface area contributed by atoms with Crippen LogP contribution in [0.3, 0.4) is 0 Å². The summed E-state index contributed by atoms with van der Waals surface area (Å²) in [4.78, 5) is 14.9. The van der Waals surface area contributed by atoms with E-state index in [2.05, 4.69) is 50.8 Å². The van der Waals surface area contributed by atoms with Gasteiger partial charge in [-0.3, -0.25) is 4.79 Å². The van der Waals surface area contributed by atoms with Gasteiger partial charge in [-0.1, -0.05) is 22.9 Å². The molecular weight excluding hydrogens is 443 g/mol. The lowest BCUT2D eigenvalue weighted by Gasteiger charge is -2.30. The first-order chi connectivity index (χ1) is 10.1. The SMILES string of the molecule is CCCN(CC1CCCNC1)C(=O)c1cc(Br)ccc1I. The Morgan fingerprint density at radius 3 is 3.00 bits per heavy atom. The van der Waals surface area contributed by atoms with Crippen LogP contribution in [0.1, 0.15) is 36.5 Å². The van der Waals surface area contributed by atoms with E-state index in [-0.39, 0.29) is 5.91 Å². The molecule has 1 N–H and O–H groups in total. The number of piperidine rings is 1. The van der Waals surface area contributed by atoms with Crippen molar-refractivity contribution in [1.82, 2.24) is 10.2 Å². The van der Waals surface area contributed by atoms with Crippen LogP contribution in [0.2, 0.25) is 0 Å². The normalized spacial score (nSPS) is 18.5. The molecule has 116 valence electrons. The molecule has 2 rings (SSSR count). The van der Waals surface area contributed by atoms with Crippen LogP contribution in [0.5, 0.6) is 0 Å². The summed E-state index contributed by atoms with van der Waals surface area (Å²) in [5.74, 6) is 0.743. The molecule has 21 heavy (non-hydrogen) atoms. The fourth-order valence-electron chi connectivity index (χ4n) is 2.77. The van der Waals surface area contributed by atoms with Crippen molar-refractivity contribution in [3.05, 3.63) is 31.8 Å². The Morgan fingerprint density at radius 2 is 2.33 bits per heavy atom. The maximum absolute atomic E-state index is 12.9. The molecule has 1 aliphatic heterocycles. The minimum absolute atomic E-state index is 0.160. The van der Waals surface area contributed by atoms with Gasteiger partial charge in [-0.2, -0.15) is 0 Å². The summed E-state index contributed by atoms with van der Waals surface area (Å²) in [6.45, 7) is 5.97. The van der Waals surface area contributed by atoms with Crippen LogP contribution in [0.25, 0.3) is 0 Å². The molecule has 1 amide bonds. The van der Waals surface area contributed by atoms with E-state index in [4.69, 9.17) is 0 Å². The molecule has 1 fully saturated rings. The van der Waals surface area contributed by atoms with E-state index in [9.17, 15) is 4.79 Å². The van der Waals surface area contributed by atoms with Gasteiger partial charge < -0.3 is 10.2 Å². The highest BCUT2D eigenvalue weighted by Gasteiger charge is 2.22. The largest absolute Gasteiger partial charge is 0.338 e. The van der Waals surface area contributed by atoms with Crippen molar-refractivity contribution < 1.29 is 4.79 Å². The highest BCUT2D eigenvalue weighted by atomic mass is 127. The van der Waals surface area contributed by atoms with Crippen LogP contribution in [0, 0.1) is 9.49 Å². The average Bonchev–Trinajstić information content (AvgIpc) is 2.49. The predicted molar refractivity (Wildman–Crippen MR) is 98.6 cm³/mol. The molecule has 1 aromatic carbocycles. The first kappa shape index (κ1) is 17.2. The highest BCUT2D eigenvalue weighted by Crippen LogP contribution is 2.21. The number of halogens is 2. The molecule has 1 atom stereocenters. The van der Waals surface area contributed by atoms with Gasteiger partial charge >= 0.3 is 0 Å². The minimum atomic E-state index is 0.160. The zero-order chi connectivity index (χ0) is 15.2. The lowest BCUT2D eigenvalue weighted by atomic mass is 9.98. The molecule has 1 aliphatic rings. The number of rotatable bonds is 5. The van der Waals surface area contributed by atoms with E-state index in [0.29, 0.717) is 5.92 Å². The standard InChI is InChI=1S/C16H22BrIN2O/c1-2-8-20(11-12-4-3-7-19-10-12)16(21)14-9-13(17)5-6-15(14)18/h5-6,9,12,19H,2-4,7-8,10-11H2,1H3. The molecule has 0 saturated carbocycles. The Balaban J connectivity index is 2.12. The van der Waals surface area contributed by atoms with Gasteiger partial charge in [0.05, 0.1) is 5.56 Å². The van der Waals surface area contributed by atoms with Gasteiger partial charge in [0.2, 0.25) is 0 Å². The number of hydrogen-bond donors (Lipinski definition) is 1. The van der Waals surface area contributed by atoms with Crippen molar-refractivity contribution in [2.45, 2.75) is 26.2 Å². The minimum Gasteiger partial charge on any atom is -0.338 e. The lowest BCUT2D eigenvalue weighted by molar-refractivity contribution is 0.0717. The van der Waals surface area contributed by atoms with Crippen molar-refractivity contribution in [2.24, 2.45) is 5.92 Å². The molecule has 0 radical (unpaired) electrons. The van der Waals surface area contributed by atoms with Crippen LogP contribution < -0.4 is 5.32 Å². The summed E-state index contributed by atoms with van der Waals surface area (Å²) in [6, 6.07) is 5.91. The Morgan fingerprint density at radius 1 is 1.52 bits per heavy atom. The van der Waals surface area contributed by atoms with Crippen molar-refractivity contribution in [3.63, 3.8) is 0 Å². The number of carbonyl (C=O) groups excluding carboxylic acids is 1. The van der Waals surface area contributed by atoms with E-state index < -0.39 is 0 Å². The van der Waals surface area contributed by atoms with Gasteiger partial charge in [0.1, 0.15) is 0 Å². The van der Waals surface area contributed by atoms with E-state index in [1.807, 2.05) is 23.1 Å². The van der Waals surface area contributed by atoms with Gasteiger partial charge in [-0.25, -0.2) is 0 Å². The maximum atomic E-state index is 12.9. The van der Waals surface area contributed by atoms with Crippen molar-refractivity contribution in [3.8, 4) is 0 Å². The Labute approximate surface area is 149 Å². The second-order valence-electron chi connectivity index (χ2n) is 5.59. The third kappa shape index (κ3) is 4.93. The summed E-state index contributed by atoms with van der Waals surface area (Å²) in [5, 5.41) is 3.43. The monoisotopic (exact) mass is 464 g/mol. The third-order valence-corrected chi connectivity index (χ3v) is 5.25. The molecule has 1 saturated heterocycles. The van der Waals surface area contributed by atoms with Crippen molar-refractivity contribution in [2.75, 3.05) is 26.2 Å². The van der Waals surface area contributed by atoms with E-state index in [1.54, 1.807) is 0 Å². The molecule has 0 bridgehead atoms. The molecular formula is C16H22BrIN2O. The number of carbonyl (C=O) groups is 1. The fraction of sp³-hybridized carbons (Fsp3) is 0.562. The van der Waals surface area contributed by atoms with Gasteiger partial charge in [-0.15, -0.1) is 0 Å². The Kier molecular flexibility index (Phi) is 6.95. The molecule has 0 aromatic heterocycles. The quantitative estimate of drug-likeness (QED) is 0.670. The number of hydrogen-bond acceptors (Lipinski definition) is 2. The van der Waals surface area contributed by atoms with Gasteiger partial charge in [0.15, 0.2) is 0 Å². The molecule has 1 unspecified atom stereocenters. The zero-order valence-electron chi connectivity index (χ0n) is 12.4. The van der Waals surface area contributed by atoms with Crippen LogP contribution >= 0.6 is 38.5 Å². The summed E-state index contributed by atoms with van der Waals surface area (Å²) in [6.07, 6.45) is 3.43. The topological polar surface area (TPSA) is 32.3 Å². The first-order valence-corrected chi connectivity index (χ1v) is 9.44. The van der Waals surface area contributed by atoms with E-state index in [0.717, 1.165) is 46.2 Å². The van der Waals surface area contributed by atoms with Crippen LogP contribution in [0.4, 0.5) is 0 Å². The summed E-state index contributed by atoms with van der Waals surface area (Å²) in [7, 11) is 0. The molecule has 3 nitrogen and oxygen atoms in total. The summed E-state index contributed by atoms with van der Waals surface area (Å²) >= 11 is 5.71. The molecule has 1 heterocycles. The smallest absolute Gasteiger partial charge is 0.254 e. The molecule has 5 heteroatoms. The summed E-state index contributed by atoms with van der Waals surface area (Å²) < 4.78 is 1.98. The van der Waals surface area contributed by atoms with Crippen molar-refractivity contribution >= 4 is 44.4 Å². The van der Waals surface area contributed by atoms with Crippen molar-refractivity contribution in [1.29, 1.82) is 0 Å². The fourth-order valence-corrected chi connectivity index (χ4v) is 3.70. The van der Waals surface area contributed by atoms with Crippen LogP contribution in [-0.4, -0.2) is 37.0 Å². The number of benzene rings is 1. The highest BCUT2D eigenvalue weighted by molar-refractivity contribution is 14.1. The lowest BCUT2D eigenvalue weighted by Crippen LogP contribution is -2.41. The van der Waals surface area contributed by atoms with Gasteiger partial charge in [0.25, 0.3) is 5.91 Å². The van der Waals surface area contributed by atoms with Crippen LogP contribution in [0.15, 0.2) is 22.7 Å². The Bertz CT molecular complexity index is 489. The average molecular weight is 465 g/mol. The molecule has 1 aromatic rings. The third-order valence-electron chi connectivity index (χ3n) is 3.82. The first-order valence-electron chi connectivity index (χ1n) is 7.57. The second-order valence-corrected chi connectivity index (χ2v) is 7.67. The number of nitrogens with one attached hydrogen (secondary N) is 1. The summed E-state index contributed by atoms with van der Waals surface area (Å²) in [5.41, 5.74) is 0.808. The number of amides is 1. The Hall–Kier alpha value is -0.140. The zero-order valence-corrected chi connectivity index (χ0v) is 16.1. The molecule has 0 aliphatic carbocycles. The molecule has 0 spiro atoms. The van der Waals surface area contributed by atoms with Gasteiger partial charge in [0, 0.05) is 21.1 Å². The second kappa shape index (κ2) is 8.48.